The Morgan fingerprint density at radius 2 is 1.73 bits per heavy atom. The van der Waals surface area contributed by atoms with Gasteiger partial charge in [0.25, 0.3) is 0 Å². The second kappa shape index (κ2) is 7.07. The summed E-state index contributed by atoms with van der Waals surface area (Å²) >= 11 is 0. The quantitative estimate of drug-likeness (QED) is 0.753. The molecule has 2 rings (SSSR count). The van der Waals surface area contributed by atoms with E-state index in [0.717, 1.165) is 22.8 Å². The van der Waals surface area contributed by atoms with E-state index in [1.54, 1.807) is 19.9 Å². The van der Waals surface area contributed by atoms with Crippen LogP contribution in [0.1, 0.15) is 40.3 Å². The van der Waals surface area contributed by atoms with Crippen LogP contribution >= 0.6 is 0 Å². The minimum atomic E-state index is -4.93. The summed E-state index contributed by atoms with van der Waals surface area (Å²) in [6, 6.07) is 4.19. The number of carbonyl (C=O) groups is 1. The zero-order valence-electron chi connectivity index (χ0n) is 14.5. The molecule has 0 aliphatic carbocycles. The zero-order valence-corrected chi connectivity index (χ0v) is 14.5. The molecule has 0 fully saturated rings. The number of hydrogen-bond acceptors (Lipinski definition) is 2. The van der Waals surface area contributed by atoms with E-state index in [4.69, 9.17) is 10.8 Å². The maximum absolute atomic E-state index is 14.5. The summed E-state index contributed by atoms with van der Waals surface area (Å²) in [4.78, 5) is 10.9. The molecule has 0 aliphatic rings. The highest BCUT2D eigenvalue weighted by molar-refractivity contribution is 5.74. The third kappa shape index (κ3) is 3.88. The maximum Gasteiger partial charge on any atom is 0.419 e. The molecule has 1 unspecified atom stereocenters. The van der Waals surface area contributed by atoms with Crippen LogP contribution in [0.5, 0.6) is 0 Å². The molecule has 2 aromatic carbocycles. The van der Waals surface area contributed by atoms with Crippen molar-refractivity contribution in [1.82, 2.24) is 0 Å². The van der Waals surface area contributed by atoms with Crippen LogP contribution in [0.3, 0.4) is 0 Å². The molecule has 0 heterocycles. The van der Waals surface area contributed by atoms with E-state index in [9.17, 15) is 22.4 Å². The highest BCUT2D eigenvalue weighted by Gasteiger charge is 2.37. The SMILES string of the molecule is Cc1ccc(C)c(-c2cc(C(N)CC(=O)O)c(F)c(C(F)(F)F)c2)c1C. The largest absolute Gasteiger partial charge is 0.481 e. The van der Waals surface area contributed by atoms with Crippen molar-refractivity contribution < 1.29 is 27.5 Å². The standard InChI is InChI=1S/C19H19F4NO2/c1-9-4-5-10(2)17(11(9)3)12-6-13(15(24)8-16(25)26)18(20)14(7-12)19(21,22)23/h4-7,15H,8,24H2,1-3H3,(H,25,26). The van der Waals surface area contributed by atoms with Crippen molar-refractivity contribution in [2.45, 2.75) is 39.4 Å². The van der Waals surface area contributed by atoms with Crippen LogP contribution in [-0.4, -0.2) is 11.1 Å². The van der Waals surface area contributed by atoms with Crippen LogP contribution in [0.25, 0.3) is 11.1 Å². The average molecular weight is 369 g/mol. The molecular formula is C19H19F4NO2. The van der Waals surface area contributed by atoms with E-state index >= 15 is 0 Å². The van der Waals surface area contributed by atoms with Crippen LogP contribution in [0, 0.1) is 26.6 Å². The highest BCUT2D eigenvalue weighted by atomic mass is 19.4. The fourth-order valence-electron chi connectivity index (χ4n) is 2.96. The minimum absolute atomic E-state index is 0.160. The van der Waals surface area contributed by atoms with Crippen LogP contribution < -0.4 is 5.73 Å². The van der Waals surface area contributed by atoms with E-state index < -0.39 is 41.6 Å². The number of rotatable bonds is 4. The number of benzene rings is 2. The van der Waals surface area contributed by atoms with Crippen LogP contribution in [0.4, 0.5) is 17.6 Å². The lowest BCUT2D eigenvalue weighted by Gasteiger charge is -2.20. The van der Waals surface area contributed by atoms with Gasteiger partial charge in [-0.05, 0) is 60.7 Å². The molecule has 0 saturated heterocycles. The van der Waals surface area contributed by atoms with Crippen LogP contribution in [-0.2, 0) is 11.0 Å². The summed E-state index contributed by atoms with van der Waals surface area (Å²) in [5.41, 5.74) is 6.84. The van der Waals surface area contributed by atoms with Gasteiger partial charge in [0.1, 0.15) is 5.82 Å². The Morgan fingerprint density at radius 1 is 1.15 bits per heavy atom. The number of carboxylic acid groups (broad SMARTS) is 1. The van der Waals surface area contributed by atoms with Gasteiger partial charge >= 0.3 is 12.1 Å². The predicted octanol–water partition coefficient (Wildman–Crippen LogP) is 4.91. The predicted molar refractivity (Wildman–Crippen MR) is 90.2 cm³/mol. The molecule has 0 bridgehead atoms. The average Bonchev–Trinajstić information content (AvgIpc) is 2.50. The number of aryl methyl sites for hydroxylation is 2. The second-order valence-electron chi connectivity index (χ2n) is 6.33. The van der Waals surface area contributed by atoms with Gasteiger partial charge in [-0.3, -0.25) is 4.79 Å². The third-order valence-corrected chi connectivity index (χ3v) is 4.43. The molecule has 7 heteroatoms. The van der Waals surface area contributed by atoms with Crippen LogP contribution in [0.15, 0.2) is 24.3 Å². The maximum atomic E-state index is 14.5. The zero-order chi connectivity index (χ0) is 19.8. The number of hydrogen-bond donors (Lipinski definition) is 2. The Morgan fingerprint density at radius 3 is 2.27 bits per heavy atom. The van der Waals surface area contributed by atoms with Gasteiger partial charge in [-0.2, -0.15) is 13.2 Å². The van der Waals surface area contributed by atoms with Crippen molar-refractivity contribution in [3.8, 4) is 11.1 Å². The van der Waals surface area contributed by atoms with Crippen molar-refractivity contribution in [1.29, 1.82) is 0 Å². The van der Waals surface area contributed by atoms with Gasteiger partial charge in [-0.15, -0.1) is 0 Å². The first-order valence-corrected chi connectivity index (χ1v) is 7.88. The normalized spacial score (nSPS) is 12.9. The number of alkyl halides is 3. The van der Waals surface area contributed by atoms with E-state index in [-0.39, 0.29) is 5.56 Å². The number of nitrogens with two attached hydrogens (primary N) is 1. The molecule has 3 nitrogen and oxygen atoms in total. The van der Waals surface area contributed by atoms with Gasteiger partial charge < -0.3 is 10.8 Å². The molecule has 0 radical (unpaired) electrons. The van der Waals surface area contributed by atoms with Crippen LogP contribution in [0.2, 0.25) is 0 Å². The highest BCUT2D eigenvalue weighted by Crippen LogP contribution is 2.39. The third-order valence-electron chi connectivity index (χ3n) is 4.43. The van der Waals surface area contributed by atoms with E-state index in [0.29, 0.717) is 5.56 Å². The van der Waals surface area contributed by atoms with Crippen molar-refractivity contribution in [3.05, 3.63) is 57.9 Å². The summed E-state index contributed by atoms with van der Waals surface area (Å²) in [6.07, 6.45) is -5.60. The topological polar surface area (TPSA) is 63.3 Å². The van der Waals surface area contributed by atoms with Gasteiger partial charge in [-0.1, -0.05) is 12.1 Å². The van der Waals surface area contributed by atoms with Gasteiger partial charge in [0.15, 0.2) is 0 Å². The molecule has 26 heavy (non-hydrogen) atoms. The van der Waals surface area contributed by atoms with Crippen molar-refractivity contribution in [2.24, 2.45) is 5.73 Å². The lowest BCUT2D eigenvalue weighted by Crippen LogP contribution is -2.19. The Hall–Kier alpha value is -2.41. The Bertz CT molecular complexity index is 860. The molecule has 0 spiro atoms. The summed E-state index contributed by atoms with van der Waals surface area (Å²) < 4.78 is 54.5. The van der Waals surface area contributed by atoms with E-state index in [1.165, 1.54) is 6.07 Å². The van der Waals surface area contributed by atoms with E-state index in [1.807, 2.05) is 13.0 Å². The smallest absolute Gasteiger partial charge is 0.419 e. The molecule has 0 aliphatic heterocycles. The van der Waals surface area contributed by atoms with Crippen molar-refractivity contribution >= 4 is 5.97 Å². The molecule has 0 aromatic heterocycles. The molecule has 0 saturated carbocycles. The monoisotopic (exact) mass is 369 g/mol. The molecule has 140 valence electrons. The van der Waals surface area contributed by atoms with Crippen molar-refractivity contribution in [3.63, 3.8) is 0 Å². The summed E-state index contributed by atoms with van der Waals surface area (Å²) in [5, 5.41) is 8.85. The Kier molecular flexibility index (Phi) is 5.41. The second-order valence-corrected chi connectivity index (χ2v) is 6.33. The van der Waals surface area contributed by atoms with Crippen molar-refractivity contribution in [2.75, 3.05) is 0 Å². The molecular weight excluding hydrogens is 350 g/mol. The Labute approximate surface area is 148 Å². The first-order valence-electron chi connectivity index (χ1n) is 7.88. The molecule has 0 amide bonds. The van der Waals surface area contributed by atoms with Gasteiger partial charge in [0, 0.05) is 11.6 Å². The first-order chi connectivity index (χ1) is 11.9. The molecule has 2 aromatic rings. The summed E-state index contributed by atoms with van der Waals surface area (Å²) in [6.45, 7) is 5.34. The first kappa shape index (κ1) is 19.9. The lowest BCUT2D eigenvalue weighted by atomic mass is 9.89. The fraction of sp³-hybridized carbons (Fsp3) is 0.316. The number of aliphatic carboxylic acids is 1. The summed E-state index contributed by atoms with van der Waals surface area (Å²) in [7, 11) is 0. The minimum Gasteiger partial charge on any atom is -0.481 e. The van der Waals surface area contributed by atoms with Gasteiger partial charge in [-0.25, -0.2) is 4.39 Å². The molecule has 3 N–H and O–H groups in total. The fourth-order valence-corrected chi connectivity index (χ4v) is 2.96. The lowest BCUT2D eigenvalue weighted by molar-refractivity contribution is -0.140. The Balaban J connectivity index is 2.80. The number of halogens is 4. The molecule has 1 atom stereocenters. The number of carboxylic acids is 1. The van der Waals surface area contributed by atoms with Gasteiger partial charge in [0.05, 0.1) is 12.0 Å². The summed E-state index contributed by atoms with van der Waals surface area (Å²) in [5.74, 6) is -2.85. The van der Waals surface area contributed by atoms with E-state index in [2.05, 4.69) is 0 Å². The van der Waals surface area contributed by atoms with Gasteiger partial charge in [0.2, 0.25) is 0 Å².